The van der Waals surface area contributed by atoms with Crippen LogP contribution in [0.2, 0.25) is 0 Å². The number of hydrogen-bond donors (Lipinski definition) is 3. The summed E-state index contributed by atoms with van der Waals surface area (Å²) in [7, 11) is -4.59. The van der Waals surface area contributed by atoms with Gasteiger partial charge in [0.1, 0.15) is 6.04 Å². The molecular weight excluding hydrogens is 344 g/mol. The maximum Gasteiger partial charge on any atom is 0.362 e. The molecule has 1 atom stereocenters. The van der Waals surface area contributed by atoms with Gasteiger partial charge >= 0.3 is 10.3 Å². The summed E-state index contributed by atoms with van der Waals surface area (Å²) in [4.78, 5) is 27.3. The summed E-state index contributed by atoms with van der Waals surface area (Å²) in [6, 6.07) is -1.05. The number of nitrogen functional groups attached to an aromatic ring is 1. The van der Waals surface area contributed by atoms with Gasteiger partial charge in [-0.25, -0.2) is 9.29 Å². The van der Waals surface area contributed by atoms with Crippen LogP contribution in [0.25, 0.3) is 5.57 Å². The van der Waals surface area contributed by atoms with Crippen molar-refractivity contribution in [2.45, 2.75) is 6.04 Å². The molecule has 0 unspecified atom stereocenters. The Hall–Kier alpha value is -1.69. The Kier molecular flexibility index (Phi) is 4.18. The van der Waals surface area contributed by atoms with Gasteiger partial charge in [0.05, 0.1) is 17.8 Å². The van der Waals surface area contributed by atoms with Crippen molar-refractivity contribution >= 4 is 55.8 Å². The number of aromatic nitrogens is 1. The smallest absolute Gasteiger partial charge is 0.362 e. The number of carbonyl (C=O) groups excluding carboxylic acids is 2. The summed E-state index contributed by atoms with van der Waals surface area (Å²) in [6.45, 7) is -0.349. The highest BCUT2D eigenvalue weighted by molar-refractivity contribution is 7.84. The number of rotatable bonds is 4. The fourth-order valence-electron chi connectivity index (χ4n) is 1.58. The minimum atomic E-state index is -4.59. The molecule has 0 bridgehead atoms. The van der Waals surface area contributed by atoms with Crippen molar-refractivity contribution in [1.29, 1.82) is 0 Å². The van der Waals surface area contributed by atoms with Gasteiger partial charge in [-0.3, -0.25) is 14.1 Å². The van der Waals surface area contributed by atoms with Crippen LogP contribution in [0.3, 0.4) is 0 Å². The molecule has 2 heterocycles. The van der Waals surface area contributed by atoms with Crippen LogP contribution in [0.15, 0.2) is 10.9 Å². The summed E-state index contributed by atoms with van der Waals surface area (Å²) in [5.41, 5.74) is 6.66. The van der Waals surface area contributed by atoms with E-state index in [1.807, 2.05) is 0 Å². The number of amides is 2. The molecule has 0 spiro atoms. The molecule has 0 aliphatic carbocycles. The Morgan fingerprint density at radius 2 is 2.33 bits per heavy atom. The molecule has 21 heavy (non-hydrogen) atoms. The molecule has 1 aliphatic rings. The number of carbonyl (C=O) groups is 2. The largest absolute Gasteiger partial charge is 0.375 e. The number of hydrogen-bond acceptors (Lipinski definition) is 7. The van der Waals surface area contributed by atoms with E-state index in [-0.39, 0.29) is 27.2 Å². The monoisotopic (exact) mass is 352 g/mol. The number of nitrogens with one attached hydrogen (secondary N) is 1. The molecule has 1 saturated heterocycles. The standard InChI is InChI=1S/C9H9ClN4O5S2/c10-1-4(6-3-20-9(11)13-6)7(15)12-5-2-14(8(5)16)21(17,18)19/h1,3,5H,2H2,(H2,11,13)(H,12,15)(H,17,18,19)/t5-/m0/s1. The Morgan fingerprint density at radius 3 is 2.76 bits per heavy atom. The molecule has 9 nitrogen and oxygen atoms in total. The van der Waals surface area contributed by atoms with Crippen LogP contribution in [0.5, 0.6) is 0 Å². The van der Waals surface area contributed by atoms with Gasteiger partial charge in [0.25, 0.3) is 11.8 Å². The minimum Gasteiger partial charge on any atom is -0.375 e. The lowest BCUT2D eigenvalue weighted by Gasteiger charge is -2.35. The molecule has 12 heteroatoms. The number of thiazole rings is 1. The van der Waals surface area contributed by atoms with E-state index in [0.717, 1.165) is 16.9 Å². The molecule has 4 N–H and O–H groups in total. The fourth-order valence-corrected chi connectivity index (χ4v) is 3.05. The molecule has 1 aromatic rings. The average Bonchev–Trinajstić information content (AvgIpc) is 2.79. The van der Waals surface area contributed by atoms with Crippen molar-refractivity contribution in [1.82, 2.24) is 14.6 Å². The molecule has 2 rings (SSSR count). The van der Waals surface area contributed by atoms with Gasteiger partial charge < -0.3 is 11.1 Å². The molecule has 1 aromatic heterocycles. The first-order chi connectivity index (χ1) is 9.74. The van der Waals surface area contributed by atoms with Crippen LogP contribution in [0, 0.1) is 0 Å². The second kappa shape index (κ2) is 5.60. The summed E-state index contributed by atoms with van der Waals surface area (Å²) in [5, 5.41) is 4.04. The van der Waals surface area contributed by atoms with Crippen molar-refractivity contribution in [3.63, 3.8) is 0 Å². The minimum absolute atomic E-state index is 0.0114. The Morgan fingerprint density at radius 1 is 1.67 bits per heavy atom. The van der Waals surface area contributed by atoms with E-state index >= 15 is 0 Å². The second-order valence-electron chi connectivity index (χ2n) is 3.97. The average molecular weight is 353 g/mol. The van der Waals surface area contributed by atoms with Gasteiger partial charge in [0.2, 0.25) is 0 Å². The van der Waals surface area contributed by atoms with Gasteiger partial charge in [0.15, 0.2) is 5.13 Å². The zero-order valence-corrected chi connectivity index (χ0v) is 12.6. The molecule has 0 aromatic carbocycles. The zero-order valence-electron chi connectivity index (χ0n) is 10.2. The van der Waals surface area contributed by atoms with Crippen LogP contribution < -0.4 is 11.1 Å². The molecule has 0 saturated carbocycles. The first kappa shape index (κ1) is 15.7. The number of halogens is 1. The molecular formula is C9H9ClN4O5S2. The number of β-lactam (4-membered cyclic amide) rings is 1. The van der Waals surface area contributed by atoms with Crippen LogP contribution in [0.4, 0.5) is 5.13 Å². The summed E-state index contributed by atoms with van der Waals surface area (Å²) >= 11 is 6.67. The predicted molar refractivity (Wildman–Crippen MR) is 75.5 cm³/mol. The maximum absolute atomic E-state index is 12.0. The predicted octanol–water partition coefficient (Wildman–Crippen LogP) is -0.565. The summed E-state index contributed by atoms with van der Waals surface area (Å²) < 4.78 is 30.5. The highest BCUT2D eigenvalue weighted by atomic mass is 35.5. The fraction of sp³-hybridized carbons (Fsp3) is 0.222. The van der Waals surface area contributed by atoms with Gasteiger partial charge in [-0.05, 0) is 0 Å². The highest BCUT2D eigenvalue weighted by Crippen LogP contribution is 2.21. The number of nitrogens with zero attached hydrogens (tertiary/aromatic N) is 2. The lowest BCUT2D eigenvalue weighted by Crippen LogP contribution is -2.65. The van der Waals surface area contributed by atoms with Crippen molar-refractivity contribution in [2.75, 3.05) is 12.3 Å². The van der Waals surface area contributed by atoms with Crippen molar-refractivity contribution in [2.24, 2.45) is 0 Å². The van der Waals surface area contributed by atoms with E-state index in [2.05, 4.69) is 10.3 Å². The SMILES string of the molecule is Nc1nc(C(=CCl)C(=O)N[C@H]2CN(S(=O)(=O)O)C2=O)cs1. The normalized spacial score (nSPS) is 19.3. The van der Waals surface area contributed by atoms with Crippen LogP contribution in [-0.2, 0) is 19.9 Å². The number of nitrogens with two attached hydrogens (primary N) is 1. The third-order valence-electron chi connectivity index (χ3n) is 2.63. The quantitative estimate of drug-likeness (QED) is 0.374. The van der Waals surface area contributed by atoms with Crippen LogP contribution >= 0.6 is 22.9 Å². The van der Waals surface area contributed by atoms with Gasteiger partial charge in [-0.1, -0.05) is 11.6 Å². The molecule has 2 amide bonds. The first-order valence-corrected chi connectivity index (χ1v) is 8.07. The van der Waals surface area contributed by atoms with Crippen molar-refractivity contribution in [3.05, 3.63) is 16.6 Å². The Bertz CT molecular complexity index is 728. The van der Waals surface area contributed by atoms with E-state index in [1.165, 1.54) is 5.38 Å². The van der Waals surface area contributed by atoms with Gasteiger partial charge in [-0.15, -0.1) is 11.3 Å². The molecule has 1 fully saturated rings. The van der Waals surface area contributed by atoms with E-state index in [0.29, 0.717) is 0 Å². The Balaban J connectivity index is 2.05. The topological polar surface area (TPSA) is 143 Å². The van der Waals surface area contributed by atoms with E-state index < -0.39 is 28.2 Å². The molecule has 0 radical (unpaired) electrons. The Labute approximate surface area is 128 Å². The van der Waals surface area contributed by atoms with Crippen molar-refractivity contribution in [3.8, 4) is 0 Å². The first-order valence-electron chi connectivity index (χ1n) is 5.35. The number of anilines is 1. The van der Waals surface area contributed by atoms with Crippen LogP contribution in [0.1, 0.15) is 5.69 Å². The maximum atomic E-state index is 12.0. The molecule has 114 valence electrons. The van der Waals surface area contributed by atoms with Crippen LogP contribution in [-0.4, -0.2) is 46.7 Å². The summed E-state index contributed by atoms with van der Waals surface area (Å²) in [6.07, 6.45) is 0. The molecule has 1 aliphatic heterocycles. The zero-order chi connectivity index (χ0) is 15.8. The van der Waals surface area contributed by atoms with E-state index in [4.69, 9.17) is 21.9 Å². The lowest BCUT2D eigenvalue weighted by molar-refractivity contribution is -0.139. The van der Waals surface area contributed by atoms with Crippen molar-refractivity contribution < 1.29 is 22.6 Å². The lowest BCUT2D eigenvalue weighted by atomic mass is 10.1. The third kappa shape index (κ3) is 3.15. The van der Waals surface area contributed by atoms with Gasteiger partial charge in [-0.2, -0.15) is 8.42 Å². The van der Waals surface area contributed by atoms with E-state index in [1.54, 1.807) is 0 Å². The third-order valence-corrected chi connectivity index (χ3v) is 4.41. The summed E-state index contributed by atoms with van der Waals surface area (Å²) in [5.74, 6) is -1.64. The second-order valence-corrected chi connectivity index (χ2v) is 6.41. The van der Waals surface area contributed by atoms with E-state index in [9.17, 15) is 18.0 Å². The van der Waals surface area contributed by atoms with Gasteiger partial charge in [0, 0.05) is 10.9 Å². The highest BCUT2D eigenvalue weighted by Gasteiger charge is 2.44.